The second kappa shape index (κ2) is 7.34. The molecule has 1 unspecified atom stereocenters. The summed E-state index contributed by atoms with van der Waals surface area (Å²) >= 11 is 0. The highest BCUT2D eigenvalue weighted by Gasteiger charge is 2.12. The number of rotatable bonds is 7. The Balaban J connectivity index is 2.64. The summed E-state index contributed by atoms with van der Waals surface area (Å²) in [7, 11) is -0.684. The van der Waals surface area contributed by atoms with E-state index in [0.29, 0.717) is 18.7 Å². The number of benzene rings is 1. The molecule has 20 heavy (non-hydrogen) atoms. The molecule has 1 rings (SSSR count). The smallest absolute Gasteiger partial charge is 0.251 e. The highest BCUT2D eigenvalue weighted by molar-refractivity contribution is 7.89. The lowest BCUT2D eigenvalue weighted by Crippen LogP contribution is -2.35. The topological polar surface area (TPSA) is 108 Å². The van der Waals surface area contributed by atoms with Crippen molar-refractivity contribution >= 4 is 15.9 Å². The van der Waals surface area contributed by atoms with Gasteiger partial charge in [-0.25, -0.2) is 13.6 Å². The fraction of sp³-hybridized carbons (Fsp3) is 0.417. The number of ether oxygens (including phenoxy) is 2. The molecule has 0 aromatic heterocycles. The van der Waals surface area contributed by atoms with Gasteiger partial charge in [-0.2, -0.15) is 0 Å². The number of amides is 1. The first-order valence-electron chi connectivity index (χ1n) is 5.81. The van der Waals surface area contributed by atoms with Gasteiger partial charge in [0.05, 0.1) is 17.6 Å². The summed E-state index contributed by atoms with van der Waals surface area (Å²) in [4.78, 5) is 11.8. The van der Waals surface area contributed by atoms with Gasteiger partial charge >= 0.3 is 0 Å². The fourth-order valence-electron chi connectivity index (χ4n) is 1.50. The van der Waals surface area contributed by atoms with E-state index in [1.807, 2.05) is 0 Å². The molecule has 1 amide bonds. The fourth-order valence-corrected chi connectivity index (χ4v) is 2.02. The molecule has 1 aromatic carbocycles. The van der Waals surface area contributed by atoms with E-state index in [0.717, 1.165) is 0 Å². The minimum absolute atomic E-state index is 0.0387. The third-order valence-electron chi connectivity index (χ3n) is 2.62. The molecule has 112 valence electrons. The number of methoxy groups -OCH3 is 2. The first kappa shape index (κ1) is 16.6. The number of nitrogens with two attached hydrogens (primary N) is 1. The van der Waals surface area contributed by atoms with Gasteiger partial charge in [-0.1, -0.05) is 0 Å². The van der Waals surface area contributed by atoms with E-state index < -0.39 is 10.0 Å². The highest BCUT2D eigenvalue weighted by Crippen LogP contribution is 2.08. The van der Waals surface area contributed by atoms with Crippen molar-refractivity contribution in [3.63, 3.8) is 0 Å². The Morgan fingerprint density at radius 2 is 1.90 bits per heavy atom. The monoisotopic (exact) mass is 302 g/mol. The maximum absolute atomic E-state index is 11.8. The lowest BCUT2D eigenvalue weighted by Gasteiger charge is -2.15. The molecule has 0 aliphatic carbocycles. The highest BCUT2D eigenvalue weighted by atomic mass is 32.2. The number of hydrogen-bond donors (Lipinski definition) is 2. The van der Waals surface area contributed by atoms with Crippen molar-refractivity contribution in [3.8, 4) is 0 Å². The maximum atomic E-state index is 11.8. The third-order valence-corrected chi connectivity index (χ3v) is 3.55. The van der Waals surface area contributed by atoms with Gasteiger partial charge in [0.2, 0.25) is 10.0 Å². The van der Waals surface area contributed by atoms with Crippen LogP contribution in [0.5, 0.6) is 0 Å². The quantitative estimate of drug-likeness (QED) is 0.720. The summed E-state index contributed by atoms with van der Waals surface area (Å²) in [6, 6.07) is 5.36. The second-order valence-electron chi connectivity index (χ2n) is 4.09. The standard InChI is InChI=1S/C12H18N2O5S/c1-18-8-10(19-2)7-14-12(15)9-3-5-11(6-4-9)20(13,16)17/h3-6,10H,7-8H2,1-2H3,(H,14,15)(H2,13,16,17). The summed E-state index contributed by atoms with van der Waals surface area (Å²) in [5, 5.41) is 7.64. The van der Waals surface area contributed by atoms with Crippen molar-refractivity contribution in [1.82, 2.24) is 5.32 Å². The van der Waals surface area contributed by atoms with E-state index in [4.69, 9.17) is 14.6 Å². The number of sulfonamides is 1. The molecular formula is C12H18N2O5S. The van der Waals surface area contributed by atoms with Crippen LogP contribution < -0.4 is 10.5 Å². The van der Waals surface area contributed by atoms with Gasteiger partial charge < -0.3 is 14.8 Å². The van der Waals surface area contributed by atoms with E-state index >= 15 is 0 Å². The Bertz CT molecular complexity index is 541. The number of carbonyl (C=O) groups is 1. The van der Waals surface area contributed by atoms with Gasteiger partial charge in [0.15, 0.2) is 0 Å². The zero-order chi connectivity index (χ0) is 15.2. The van der Waals surface area contributed by atoms with Crippen molar-refractivity contribution in [1.29, 1.82) is 0 Å². The molecule has 0 bridgehead atoms. The van der Waals surface area contributed by atoms with Crippen LogP contribution in [0, 0.1) is 0 Å². The normalized spacial score (nSPS) is 12.9. The van der Waals surface area contributed by atoms with Crippen LogP contribution >= 0.6 is 0 Å². The van der Waals surface area contributed by atoms with Gasteiger partial charge in [-0.05, 0) is 24.3 Å². The van der Waals surface area contributed by atoms with Crippen molar-refractivity contribution in [2.24, 2.45) is 5.14 Å². The Morgan fingerprint density at radius 3 is 2.35 bits per heavy atom. The predicted molar refractivity (Wildman–Crippen MR) is 72.8 cm³/mol. The molecular weight excluding hydrogens is 284 g/mol. The van der Waals surface area contributed by atoms with Crippen LogP contribution in [0.1, 0.15) is 10.4 Å². The van der Waals surface area contributed by atoms with Crippen LogP contribution in [0.4, 0.5) is 0 Å². The molecule has 0 fully saturated rings. The number of carbonyl (C=O) groups excluding carboxylic acids is 1. The van der Waals surface area contributed by atoms with Crippen molar-refractivity contribution < 1.29 is 22.7 Å². The Morgan fingerprint density at radius 1 is 1.30 bits per heavy atom. The minimum atomic E-state index is -3.75. The van der Waals surface area contributed by atoms with Gasteiger partial charge in [-0.3, -0.25) is 4.79 Å². The first-order valence-corrected chi connectivity index (χ1v) is 7.36. The second-order valence-corrected chi connectivity index (χ2v) is 5.65. The maximum Gasteiger partial charge on any atom is 0.251 e. The zero-order valence-electron chi connectivity index (χ0n) is 11.3. The minimum Gasteiger partial charge on any atom is -0.382 e. The van der Waals surface area contributed by atoms with E-state index in [9.17, 15) is 13.2 Å². The molecule has 0 saturated carbocycles. The van der Waals surface area contributed by atoms with E-state index in [2.05, 4.69) is 5.32 Å². The van der Waals surface area contributed by atoms with Gasteiger partial charge in [-0.15, -0.1) is 0 Å². The molecule has 0 saturated heterocycles. The molecule has 1 atom stereocenters. The lowest BCUT2D eigenvalue weighted by atomic mass is 10.2. The zero-order valence-corrected chi connectivity index (χ0v) is 12.1. The third kappa shape index (κ3) is 4.89. The van der Waals surface area contributed by atoms with Gasteiger partial charge in [0.25, 0.3) is 5.91 Å². The van der Waals surface area contributed by atoms with Gasteiger partial charge in [0.1, 0.15) is 0 Å². The van der Waals surface area contributed by atoms with Crippen molar-refractivity contribution in [3.05, 3.63) is 29.8 Å². The SMILES string of the molecule is COCC(CNC(=O)c1ccc(S(N)(=O)=O)cc1)OC. The molecule has 0 aliphatic heterocycles. The average molecular weight is 302 g/mol. The summed E-state index contributed by atoms with van der Waals surface area (Å²) in [5.41, 5.74) is 0.338. The van der Waals surface area contributed by atoms with Crippen LogP contribution in [-0.4, -0.2) is 47.8 Å². The van der Waals surface area contributed by atoms with Crippen LogP contribution in [0.15, 0.2) is 29.2 Å². The molecule has 0 radical (unpaired) electrons. The van der Waals surface area contributed by atoms with Crippen LogP contribution in [-0.2, 0) is 19.5 Å². The van der Waals surface area contributed by atoms with E-state index in [1.54, 1.807) is 7.11 Å². The Hall–Kier alpha value is -1.48. The molecule has 1 aromatic rings. The van der Waals surface area contributed by atoms with Crippen molar-refractivity contribution in [2.45, 2.75) is 11.0 Å². The van der Waals surface area contributed by atoms with Gasteiger partial charge in [0, 0.05) is 26.3 Å². The first-order chi connectivity index (χ1) is 9.38. The summed E-state index contributed by atoms with van der Waals surface area (Å²) in [6.07, 6.45) is -0.243. The Kier molecular flexibility index (Phi) is 6.08. The molecule has 0 heterocycles. The molecule has 0 spiro atoms. The molecule has 3 N–H and O–H groups in total. The summed E-state index contributed by atoms with van der Waals surface area (Å²) < 4.78 is 32.2. The van der Waals surface area contributed by atoms with Crippen LogP contribution in [0.3, 0.4) is 0 Å². The van der Waals surface area contributed by atoms with E-state index in [-0.39, 0.29) is 16.9 Å². The number of hydrogen-bond acceptors (Lipinski definition) is 5. The number of nitrogens with one attached hydrogen (secondary N) is 1. The Labute approximate surface area is 118 Å². The summed E-state index contributed by atoms with van der Waals surface area (Å²) in [5.74, 6) is -0.330. The number of primary sulfonamides is 1. The van der Waals surface area contributed by atoms with Crippen LogP contribution in [0.25, 0.3) is 0 Å². The van der Waals surface area contributed by atoms with Crippen molar-refractivity contribution in [2.75, 3.05) is 27.4 Å². The predicted octanol–water partition coefficient (Wildman–Crippen LogP) is -0.275. The molecule has 7 nitrogen and oxygen atoms in total. The van der Waals surface area contributed by atoms with E-state index in [1.165, 1.54) is 31.4 Å². The lowest BCUT2D eigenvalue weighted by molar-refractivity contribution is 0.0285. The average Bonchev–Trinajstić information content (AvgIpc) is 2.42. The molecule has 8 heteroatoms. The summed E-state index contributed by atoms with van der Waals surface area (Å²) in [6.45, 7) is 0.654. The largest absolute Gasteiger partial charge is 0.382 e. The van der Waals surface area contributed by atoms with Crippen LogP contribution in [0.2, 0.25) is 0 Å². The molecule has 0 aliphatic rings.